The molecule has 1 aromatic rings. The molecule has 2 N–H and O–H groups in total. The predicted molar refractivity (Wildman–Crippen MR) is 85.6 cm³/mol. The van der Waals surface area contributed by atoms with E-state index in [0.29, 0.717) is 6.04 Å². The lowest BCUT2D eigenvalue weighted by atomic mass is 10.0. The molecule has 118 valence electrons. The maximum Gasteiger partial charge on any atom is 0.119 e. The van der Waals surface area contributed by atoms with Crippen molar-refractivity contribution in [2.24, 2.45) is 5.73 Å². The highest BCUT2D eigenvalue weighted by atomic mass is 16.5. The van der Waals surface area contributed by atoms with Gasteiger partial charge >= 0.3 is 0 Å². The summed E-state index contributed by atoms with van der Waals surface area (Å²) in [5, 5.41) is 0. The minimum atomic E-state index is -0.0975. The van der Waals surface area contributed by atoms with E-state index in [0.717, 1.165) is 31.0 Å². The van der Waals surface area contributed by atoms with E-state index in [1.165, 1.54) is 0 Å². The number of nitrogens with zero attached hydrogens (tertiary/aromatic N) is 1. The average Bonchev–Trinajstić information content (AvgIpc) is 2.47. The molecule has 2 rings (SSSR count). The lowest BCUT2D eigenvalue weighted by Gasteiger charge is -2.38. The number of hydrogen-bond acceptors (Lipinski definition) is 4. The van der Waals surface area contributed by atoms with Gasteiger partial charge < -0.3 is 15.2 Å². The van der Waals surface area contributed by atoms with Gasteiger partial charge in [0.2, 0.25) is 0 Å². The van der Waals surface area contributed by atoms with E-state index in [2.05, 4.69) is 18.7 Å². The first-order chi connectivity index (χ1) is 9.97. The first-order valence-electron chi connectivity index (χ1n) is 7.85. The summed E-state index contributed by atoms with van der Waals surface area (Å²) < 4.78 is 11.5. The van der Waals surface area contributed by atoms with Crippen LogP contribution >= 0.6 is 0 Å². The zero-order chi connectivity index (χ0) is 15.4. The second kappa shape index (κ2) is 7.25. The molecule has 0 aromatic heterocycles. The third kappa shape index (κ3) is 4.43. The first kappa shape index (κ1) is 16.3. The van der Waals surface area contributed by atoms with Crippen molar-refractivity contribution in [1.82, 2.24) is 4.90 Å². The maximum atomic E-state index is 6.39. The molecule has 1 aliphatic heterocycles. The van der Waals surface area contributed by atoms with Crippen LogP contribution in [0.1, 0.15) is 39.3 Å². The van der Waals surface area contributed by atoms with Gasteiger partial charge in [-0.2, -0.15) is 0 Å². The quantitative estimate of drug-likeness (QED) is 0.906. The molecule has 1 aromatic carbocycles. The molecule has 2 unspecified atom stereocenters. The van der Waals surface area contributed by atoms with Crippen molar-refractivity contribution in [3.63, 3.8) is 0 Å². The van der Waals surface area contributed by atoms with Crippen molar-refractivity contribution >= 4 is 0 Å². The summed E-state index contributed by atoms with van der Waals surface area (Å²) in [7, 11) is 0. The molecule has 1 heterocycles. The Morgan fingerprint density at radius 3 is 2.43 bits per heavy atom. The van der Waals surface area contributed by atoms with E-state index in [1.54, 1.807) is 0 Å². The summed E-state index contributed by atoms with van der Waals surface area (Å²) >= 11 is 0. The Morgan fingerprint density at radius 1 is 1.19 bits per heavy atom. The number of benzene rings is 1. The van der Waals surface area contributed by atoms with Crippen molar-refractivity contribution in [2.45, 2.75) is 52.0 Å². The van der Waals surface area contributed by atoms with Crippen LogP contribution in [0.25, 0.3) is 0 Å². The second-order valence-electron chi connectivity index (χ2n) is 6.26. The van der Waals surface area contributed by atoms with Gasteiger partial charge in [0.25, 0.3) is 0 Å². The fourth-order valence-corrected chi connectivity index (χ4v) is 2.64. The predicted octanol–water partition coefficient (Wildman–Crippen LogP) is 2.58. The van der Waals surface area contributed by atoms with Crippen LogP contribution in [0.3, 0.4) is 0 Å². The summed E-state index contributed by atoms with van der Waals surface area (Å²) in [6.07, 6.45) is 0.240. The van der Waals surface area contributed by atoms with E-state index in [9.17, 15) is 0 Å². The number of morpholine rings is 1. The fourth-order valence-electron chi connectivity index (χ4n) is 2.64. The van der Waals surface area contributed by atoms with Crippen LogP contribution in [0.15, 0.2) is 24.3 Å². The van der Waals surface area contributed by atoms with E-state index >= 15 is 0 Å². The van der Waals surface area contributed by atoms with Gasteiger partial charge in [-0.15, -0.1) is 0 Å². The van der Waals surface area contributed by atoms with E-state index in [-0.39, 0.29) is 18.2 Å². The molecule has 1 fully saturated rings. The summed E-state index contributed by atoms with van der Waals surface area (Å²) in [5.74, 6) is 0.884. The molecule has 21 heavy (non-hydrogen) atoms. The topological polar surface area (TPSA) is 47.7 Å². The highest BCUT2D eigenvalue weighted by Gasteiger charge is 2.27. The van der Waals surface area contributed by atoms with Crippen molar-refractivity contribution in [3.05, 3.63) is 29.8 Å². The number of rotatable bonds is 5. The van der Waals surface area contributed by atoms with Gasteiger partial charge in [-0.1, -0.05) is 12.1 Å². The van der Waals surface area contributed by atoms with Gasteiger partial charge in [-0.05, 0) is 45.4 Å². The Morgan fingerprint density at radius 2 is 1.86 bits per heavy atom. The zero-order valence-electron chi connectivity index (χ0n) is 13.6. The van der Waals surface area contributed by atoms with Crippen LogP contribution < -0.4 is 10.5 Å². The third-order valence-corrected chi connectivity index (χ3v) is 3.89. The van der Waals surface area contributed by atoms with E-state index in [4.69, 9.17) is 15.2 Å². The van der Waals surface area contributed by atoms with Crippen molar-refractivity contribution in [2.75, 3.05) is 19.7 Å². The molecule has 0 bridgehead atoms. The summed E-state index contributed by atoms with van der Waals surface area (Å²) in [6.45, 7) is 11.1. The summed E-state index contributed by atoms with van der Waals surface area (Å²) in [6, 6.07) is 8.49. The lowest BCUT2D eigenvalue weighted by Crippen LogP contribution is -2.49. The minimum Gasteiger partial charge on any atom is -0.491 e. The van der Waals surface area contributed by atoms with Crippen LogP contribution in [-0.2, 0) is 4.74 Å². The van der Waals surface area contributed by atoms with Gasteiger partial charge in [-0.3, -0.25) is 4.90 Å². The van der Waals surface area contributed by atoms with Crippen LogP contribution in [0.5, 0.6) is 5.75 Å². The van der Waals surface area contributed by atoms with Gasteiger partial charge in [0.05, 0.1) is 24.9 Å². The molecule has 0 aliphatic carbocycles. The van der Waals surface area contributed by atoms with Gasteiger partial charge in [0.15, 0.2) is 0 Å². The molecule has 1 saturated heterocycles. The summed E-state index contributed by atoms with van der Waals surface area (Å²) in [4.78, 5) is 2.42. The second-order valence-corrected chi connectivity index (χ2v) is 6.26. The van der Waals surface area contributed by atoms with Gasteiger partial charge in [0.1, 0.15) is 5.75 Å². The molecular weight excluding hydrogens is 264 g/mol. The van der Waals surface area contributed by atoms with Crippen LogP contribution in [0.2, 0.25) is 0 Å². The highest BCUT2D eigenvalue weighted by molar-refractivity contribution is 5.29. The van der Waals surface area contributed by atoms with E-state index < -0.39 is 0 Å². The molecule has 0 spiro atoms. The Labute approximate surface area is 128 Å². The molecule has 0 radical (unpaired) electrons. The SMILES string of the molecule is CC(C)Oc1ccc(C(N)C2CN(C(C)C)CCO2)cc1. The Bertz CT molecular complexity index is 431. The smallest absolute Gasteiger partial charge is 0.119 e. The minimum absolute atomic E-state index is 0.0537. The van der Waals surface area contributed by atoms with Crippen molar-refractivity contribution in [1.29, 1.82) is 0 Å². The fraction of sp³-hybridized carbons (Fsp3) is 0.647. The van der Waals surface area contributed by atoms with Crippen LogP contribution in [-0.4, -0.2) is 42.8 Å². The Balaban J connectivity index is 2.00. The largest absolute Gasteiger partial charge is 0.491 e. The first-order valence-corrected chi connectivity index (χ1v) is 7.85. The molecule has 4 nitrogen and oxygen atoms in total. The number of nitrogens with two attached hydrogens (primary N) is 1. The number of ether oxygens (including phenoxy) is 2. The molecule has 2 atom stereocenters. The van der Waals surface area contributed by atoms with Gasteiger partial charge in [-0.25, -0.2) is 0 Å². The van der Waals surface area contributed by atoms with E-state index in [1.807, 2.05) is 38.1 Å². The molecule has 1 aliphatic rings. The summed E-state index contributed by atoms with van der Waals surface area (Å²) in [5.41, 5.74) is 7.49. The third-order valence-electron chi connectivity index (χ3n) is 3.89. The molecule has 4 heteroatoms. The highest BCUT2D eigenvalue weighted by Crippen LogP contribution is 2.23. The van der Waals surface area contributed by atoms with Crippen LogP contribution in [0.4, 0.5) is 0 Å². The lowest BCUT2D eigenvalue weighted by molar-refractivity contribution is -0.0502. The number of hydrogen-bond donors (Lipinski definition) is 1. The molecule has 0 saturated carbocycles. The maximum absolute atomic E-state index is 6.39. The standard InChI is InChI=1S/C17H28N2O2/c1-12(2)19-9-10-20-16(11-19)17(18)14-5-7-15(8-6-14)21-13(3)4/h5-8,12-13,16-17H,9-11,18H2,1-4H3. The Kier molecular flexibility index (Phi) is 5.62. The molecular formula is C17H28N2O2. The monoisotopic (exact) mass is 292 g/mol. The van der Waals surface area contributed by atoms with Crippen molar-refractivity contribution in [3.8, 4) is 5.75 Å². The normalized spacial score (nSPS) is 21.8. The zero-order valence-corrected chi connectivity index (χ0v) is 13.6. The van der Waals surface area contributed by atoms with Gasteiger partial charge in [0, 0.05) is 19.1 Å². The van der Waals surface area contributed by atoms with Crippen molar-refractivity contribution < 1.29 is 9.47 Å². The Hall–Kier alpha value is -1.10. The average molecular weight is 292 g/mol. The molecule has 0 amide bonds. The van der Waals surface area contributed by atoms with Crippen LogP contribution in [0, 0.1) is 0 Å².